The van der Waals surface area contributed by atoms with Crippen molar-refractivity contribution in [3.8, 4) is 11.4 Å². The summed E-state index contributed by atoms with van der Waals surface area (Å²) in [5.74, 6) is -0.150. The summed E-state index contributed by atoms with van der Waals surface area (Å²) in [6, 6.07) is -0.257. The second-order valence-electron chi connectivity index (χ2n) is 4.05. The molecule has 0 bridgehead atoms. The number of carbonyl (C=O) groups is 1. The van der Waals surface area contributed by atoms with E-state index in [0.29, 0.717) is 17.1 Å². The molecule has 0 aliphatic rings. The Morgan fingerprint density at radius 3 is 2.89 bits per heavy atom. The van der Waals surface area contributed by atoms with Gasteiger partial charge in [-0.05, 0) is 6.92 Å². The number of nitrogens with two attached hydrogens (primary N) is 1. The number of hydrogen-bond donors (Lipinski definition) is 2. The molecule has 1 unspecified atom stereocenters. The highest BCUT2D eigenvalue weighted by molar-refractivity contribution is 5.75. The molecule has 0 aliphatic carbocycles. The molecule has 8 heteroatoms. The number of aromatic nitrogens is 5. The summed E-state index contributed by atoms with van der Waals surface area (Å²) in [5.41, 5.74) is 7.62. The number of nitrogens with one attached hydrogen (secondary N) is 1. The van der Waals surface area contributed by atoms with E-state index in [2.05, 4.69) is 25.6 Å². The third kappa shape index (κ3) is 2.91. The van der Waals surface area contributed by atoms with E-state index >= 15 is 0 Å². The Labute approximate surface area is 110 Å². The minimum Gasteiger partial charge on any atom is -0.358 e. The Kier molecular flexibility index (Phi) is 3.81. The minimum absolute atomic E-state index is 0.108. The Balaban J connectivity index is 2.30. The highest BCUT2D eigenvalue weighted by Crippen LogP contribution is 2.20. The Hall–Kier alpha value is -2.35. The number of amides is 1. The van der Waals surface area contributed by atoms with Crippen molar-refractivity contribution in [3.05, 3.63) is 24.3 Å². The van der Waals surface area contributed by atoms with Gasteiger partial charge in [0.05, 0.1) is 11.9 Å². The molecule has 2 aromatic heterocycles. The van der Waals surface area contributed by atoms with E-state index in [1.807, 2.05) is 6.92 Å². The van der Waals surface area contributed by atoms with Gasteiger partial charge in [-0.1, -0.05) is 5.21 Å². The van der Waals surface area contributed by atoms with Crippen LogP contribution in [0.3, 0.4) is 0 Å². The van der Waals surface area contributed by atoms with E-state index in [0.717, 1.165) is 0 Å². The summed E-state index contributed by atoms with van der Waals surface area (Å²) < 4.78 is 1.44. The molecular formula is C11H15N7O. The molecule has 100 valence electrons. The molecule has 0 saturated heterocycles. The topological polar surface area (TPSA) is 112 Å². The average Bonchev–Trinajstić information content (AvgIpc) is 2.86. The average molecular weight is 261 g/mol. The zero-order valence-corrected chi connectivity index (χ0v) is 10.7. The summed E-state index contributed by atoms with van der Waals surface area (Å²) in [6.07, 6.45) is 4.79. The summed E-state index contributed by atoms with van der Waals surface area (Å²) in [5, 5.41) is 10.4. The van der Waals surface area contributed by atoms with Gasteiger partial charge in [0.2, 0.25) is 5.91 Å². The van der Waals surface area contributed by atoms with Crippen molar-refractivity contribution < 1.29 is 4.79 Å². The number of carbonyl (C=O) groups excluding carboxylic acids is 1. The maximum atomic E-state index is 11.3. The van der Waals surface area contributed by atoms with Gasteiger partial charge in [0.15, 0.2) is 0 Å². The Bertz CT molecular complexity index is 578. The highest BCUT2D eigenvalue weighted by atomic mass is 16.1. The first-order chi connectivity index (χ1) is 9.11. The monoisotopic (exact) mass is 261 g/mol. The van der Waals surface area contributed by atoms with Gasteiger partial charge in [0, 0.05) is 25.5 Å². The SMILES string of the molecule is CNC(=O)Cn1cc(-c2nccnc2C(C)N)nn1. The van der Waals surface area contributed by atoms with Crippen molar-refractivity contribution in [2.75, 3.05) is 7.05 Å². The van der Waals surface area contributed by atoms with Gasteiger partial charge in [-0.25, -0.2) is 4.68 Å². The van der Waals surface area contributed by atoms with Gasteiger partial charge in [0.1, 0.15) is 17.9 Å². The van der Waals surface area contributed by atoms with Crippen molar-refractivity contribution in [2.24, 2.45) is 5.73 Å². The first kappa shape index (κ1) is 13.1. The van der Waals surface area contributed by atoms with Crippen molar-refractivity contribution in [3.63, 3.8) is 0 Å². The molecule has 0 aromatic carbocycles. The molecule has 0 spiro atoms. The maximum Gasteiger partial charge on any atom is 0.241 e. The van der Waals surface area contributed by atoms with Gasteiger partial charge in [0.25, 0.3) is 0 Å². The molecule has 1 amide bonds. The van der Waals surface area contributed by atoms with Crippen LogP contribution >= 0.6 is 0 Å². The van der Waals surface area contributed by atoms with Crippen molar-refractivity contribution in [2.45, 2.75) is 19.5 Å². The number of likely N-dealkylation sites (N-methyl/N-ethyl adjacent to an activating group) is 1. The number of hydrogen-bond acceptors (Lipinski definition) is 6. The predicted molar refractivity (Wildman–Crippen MR) is 67.7 cm³/mol. The zero-order valence-electron chi connectivity index (χ0n) is 10.7. The van der Waals surface area contributed by atoms with E-state index in [4.69, 9.17) is 5.73 Å². The molecule has 0 saturated carbocycles. The predicted octanol–water partition coefficient (Wildman–Crippen LogP) is -0.499. The normalized spacial score (nSPS) is 12.2. The molecule has 2 aromatic rings. The summed E-state index contributed by atoms with van der Waals surface area (Å²) in [6.45, 7) is 1.93. The fraction of sp³-hybridized carbons (Fsp3) is 0.364. The minimum atomic E-state index is -0.257. The zero-order chi connectivity index (χ0) is 13.8. The standard InChI is InChI=1S/C11H15N7O/c1-7(12)10-11(15-4-3-14-10)8-5-18(17-16-8)6-9(19)13-2/h3-5,7H,6,12H2,1-2H3,(H,13,19). The van der Waals surface area contributed by atoms with E-state index in [-0.39, 0.29) is 18.5 Å². The lowest BCUT2D eigenvalue weighted by atomic mass is 10.1. The number of rotatable bonds is 4. The van der Waals surface area contributed by atoms with Crippen LogP contribution in [0, 0.1) is 0 Å². The summed E-state index contributed by atoms with van der Waals surface area (Å²) in [4.78, 5) is 19.7. The fourth-order valence-corrected chi connectivity index (χ4v) is 1.59. The van der Waals surface area contributed by atoms with E-state index in [1.54, 1.807) is 25.6 Å². The third-order valence-electron chi connectivity index (χ3n) is 2.52. The van der Waals surface area contributed by atoms with Crippen LogP contribution in [0.2, 0.25) is 0 Å². The summed E-state index contributed by atoms with van der Waals surface area (Å²) in [7, 11) is 1.57. The fourth-order valence-electron chi connectivity index (χ4n) is 1.59. The Morgan fingerprint density at radius 1 is 1.47 bits per heavy atom. The van der Waals surface area contributed by atoms with Crippen molar-refractivity contribution in [1.82, 2.24) is 30.3 Å². The highest BCUT2D eigenvalue weighted by Gasteiger charge is 2.15. The van der Waals surface area contributed by atoms with Crippen LogP contribution < -0.4 is 11.1 Å². The van der Waals surface area contributed by atoms with Gasteiger partial charge in [-0.3, -0.25) is 14.8 Å². The van der Waals surface area contributed by atoms with Crippen LogP contribution in [-0.2, 0) is 11.3 Å². The smallest absolute Gasteiger partial charge is 0.241 e. The van der Waals surface area contributed by atoms with Crippen LogP contribution in [0.1, 0.15) is 18.7 Å². The molecule has 2 rings (SSSR count). The van der Waals surface area contributed by atoms with E-state index < -0.39 is 0 Å². The molecule has 19 heavy (non-hydrogen) atoms. The van der Waals surface area contributed by atoms with Crippen molar-refractivity contribution >= 4 is 5.91 Å². The first-order valence-corrected chi connectivity index (χ1v) is 5.79. The third-order valence-corrected chi connectivity index (χ3v) is 2.52. The molecule has 3 N–H and O–H groups in total. The van der Waals surface area contributed by atoms with Gasteiger partial charge in [-0.15, -0.1) is 5.10 Å². The van der Waals surface area contributed by atoms with Crippen LogP contribution in [0.15, 0.2) is 18.6 Å². The lowest BCUT2D eigenvalue weighted by molar-refractivity contribution is -0.121. The molecule has 0 fully saturated rings. The first-order valence-electron chi connectivity index (χ1n) is 5.79. The lowest BCUT2D eigenvalue weighted by Gasteiger charge is -2.07. The second-order valence-corrected chi connectivity index (χ2v) is 4.05. The molecule has 0 aliphatic heterocycles. The lowest BCUT2D eigenvalue weighted by Crippen LogP contribution is -2.23. The molecule has 2 heterocycles. The Morgan fingerprint density at radius 2 is 2.21 bits per heavy atom. The molecular weight excluding hydrogens is 246 g/mol. The molecule has 1 atom stereocenters. The second kappa shape index (κ2) is 5.53. The van der Waals surface area contributed by atoms with Crippen LogP contribution in [0.5, 0.6) is 0 Å². The van der Waals surface area contributed by atoms with Gasteiger partial charge in [-0.2, -0.15) is 0 Å². The van der Waals surface area contributed by atoms with Crippen molar-refractivity contribution in [1.29, 1.82) is 0 Å². The summed E-state index contributed by atoms with van der Waals surface area (Å²) >= 11 is 0. The molecule has 0 radical (unpaired) electrons. The van der Waals surface area contributed by atoms with Crippen LogP contribution in [0.25, 0.3) is 11.4 Å². The van der Waals surface area contributed by atoms with E-state index in [9.17, 15) is 4.79 Å². The molecule has 8 nitrogen and oxygen atoms in total. The van der Waals surface area contributed by atoms with Crippen LogP contribution in [-0.4, -0.2) is 37.9 Å². The quantitative estimate of drug-likeness (QED) is 0.767. The van der Waals surface area contributed by atoms with Gasteiger partial charge < -0.3 is 11.1 Å². The van der Waals surface area contributed by atoms with Crippen LogP contribution in [0.4, 0.5) is 0 Å². The largest absolute Gasteiger partial charge is 0.358 e. The van der Waals surface area contributed by atoms with E-state index in [1.165, 1.54) is 4.68 Å². The maximum absolute atomic E-state index is 11.3. The van der Waals surface area contributed by atoms with Gasteiger partial charge >= 0.3 is 0 Å². The number of nitrogens with zero attached hydrogens (tertiary/aromatic N) is 5.